The van der Waals surface area contributed by atoms with Gasteiger partial charge in [-0.3, -0.25) is 9.59 Å². The first-order chi connectivity index (χ1) is 11.5. The number of carboxylic acid groups (broad SMARTS) is 3. The molecule has 0 aromatic rings. The molecule has 0 bridgehead atoms. The van der Waals surface area contributed by atoms with Crippen molar-refractivity contribution in [2.75, 3.05) is 13.2 Å². The standard InChI is InChI=1S/C13H16O12/c14-5-7(6-24-10(19)2-1-8(15)16)25-11(20)4-13(23,12(21)22)3-9(17)18/h1-2,7,14,23H,3-6H2,(H,15,16)(H,17,18)(H,21,22)/b2-1-. The average Bonchev–Trinajstić information content (AvgIpc) is 2.47. The third-order valence-electron chi connectivity index (χ3n) is 2.55. The number of carbonyl (C=O) groups is 5. The van der Waals surface area contributed by atoms with Crippen LogP contribution in [-0.4, -0.2) is 80.3 Å². The van der Waals surface area contributed by atoms with Crippen LogP contribution in [0.2, 0.25) is 0 Å². The van der Waals surface area contributed by atoms with Gasteiger partial charge in [-0.1, -0.05) is 0 Å². The predicted molar refractivity (Wildman–Crippen MR) is 74.2 cm³/mol. The van der Waals surface area contributed by atoms with Crippen molar-refractivity contribution >= 4 is 29.8 Å². The fraction of sp³-hybridized carbons (Fsp3) is 0.462. The number of hydrogen-bond donors (Lipinski definition) is 5. The summed E-state index contributed by atoms with van der Waals surface area (Å²) < 4.78 is 9.07. The molecule has 25 heavy (non-hydrogen) atoms. The molecular weight excluding hydrogens is 348 g/mol. The van der Waals surface area contributed by atoms with E-state index in [-0.39, 0.29) is 0 Å². The van der Waals surface area contributed by atoms with Crippen molar-refractivity contribution in [1.82, 2.24) is 0 Å². The molecule has 2 unspecified atom stereocenters. The number of ether oxygens (including phenoxy) is 2. The van der Waals surface area contributed by atoms with Crippen molar-refractivity contribution in [3.63, 3.8) is 0 Å². The molecule has 0 radical (unpaired) electrons. The molecule has 0 aromatic carbocycles. The number of carbonyl (C=O) groups excluding carboxylic acids is 2. The van der Waals surface area contributed by atoms with Gasteiger partial charge in [-0.05, 0) is 0 Å². The monoisotopic (exact) mass is 364 g/mol. The average molecular weight is 364 g/mol. The van der Waals surface area contributed by atoms with Gasteiger partial charge in [0, 0.05) is 12.2 Å². The summed E-state index contributed by atoms with van der Waals surface area (Å²) in [5, 5.41) is 44.3. The zero-order valence-electron chi connectivity index (χ0n) is 12.7. The van der Waals surface area contributed by atoms with Crippen LogP contribution in [0.15, 0.2) is 12.2 Å². The normalized spacial score (nSPS) is 14.3. The van der Waals surface area contributed by atoms with Crippen molar-refractivity contribution < 1.29 is 59.0 Å². The molecule has 0 aliphatic carbocycles. The summed E-state index contributed by atoms with van der Waals surface area (Å²) in [7, 11) is 0. The molecule has 0 aliphatic heterocycles. The Bertz CT molecular complexity index is 565. The van der Waals surface area contributed by atoms with E-state index in [0.29, 0.717) is 12.2 Å². The largest absolute Gasteiger partial charge is 0.481 e. The number of aliphatic hydroxyl groups is 2. The minimum absolute atomic E-state index is 0.487. The molecule has 12 nitrogen and oxygen atoms in total. The Labute approximate surface area is 139 Å². The van der Waals surface area contributed by atoms with Gasteiger partial charge in [-0.25, -0.2) is 14.4 Å². The molecule has 0 spiro atoms. The molecule has 0 aromatic heterocycles. The zero-order valence-corrected chi connectivity index (χ0v) is 12.7. The molecular formula is C13H16O12. The summed E-state index contributed by atoms with van der Waals surface area (Å²) in [6.07, 6.45) is -2.87. The third-order valence-corrected chi connectivity index (χ3v) is 2.55. The smallest absolute Gasteiger partial charge is 0.336 e. The van der Waals surface area contributed by atoms with Crippen molar-refractivity contribution in [3.05, 3.63) is 12.2 Å². The van der Waals surface area contributed by atoms with Gasteiger partial charge in [0.1, 0.15) is 6.61 Å². The number of carboxylic acids is 3. The van der Waals surface area contributed by atoms with Gasteiger partial charge >= 0.3 is 29.8 Å². The molecule has 0 fully saturated rings. The van der Waals surface area contributed by atoms with E-state index < -0.39 is 67.6 Å². The first-order valence-electron chi connectivity index (χ1n) is 6.56. The SMILES string of the molecule is O=C(O)/C=C\C(=O)OCC(CO)OC(=O)CC(O)(CC(=O)O)C(=O)O. The van der Waals surface area contributed by atoms with E-state index in [1.54, 1.807) is 0 Å². The van der Waals surface area contributed by atoms with Crippen LogP contribution in [0.25, 0.3) is 0 Å². The van der Waals surface area contributed by atoms with E-state index in [4.69, 9.17) is 20.4 Å². The first-order valence-corrected chi connectivity index (χ1v) is 6.56. The van der Waals surface area contributed by atoms with Gasteiger partial charge in [0.25, 0.3) is 0 Å². The topological polar surface area (TPSA) is 205 Å². The maximum absolute atomic E-state index is 11.6. The number of esters is 2. The van der Waals surface area contributed by atoms with Gasteiger partial charge in [0.2, 0.25) is 0 Å². The highest BCUT2D eigenvalue weighted by molar-refractivity contribution is 5.91. The second-order valence-electron chi connectivity index (χ2n) is 4.68. The molecule has 5 N–H and O–H groups in total. The predicted octanol–water partition coefficient (Wildman–Crippen LogP) is -2.24. The maximum Gasteiger partial charge on any atom is 0.336 e. The molecule has 12 heteroatoms. The molecule has 0 saturated carbocycles. The lowest BCUT2D eigenvalue weighted by molar-refractivity contribution is -0.176. The van der Waals surface area contributed by atoms with E-state index in [1.165, 1.54) is 0 Å². The number of rotatable bonds is 11. The van der Waals surface area contributed by atoms with Crippen LogP contribution in [0.3, 0.4) is 0 Å². The second kappa shape index (κ2) is 10.00. The van der Waals surface area contributed by atoms with Crippen LogP contribution >= 0.6 is 0 Å². The second-order valence-corrected chi connectivity index (χ2v) is 4.68. The van der Waals surface area contributed by atoms with Crippen LogP contribution in [0.5, 0.6) is 0 Å². The Kier molecular flexibility index (Phi) is 8.80. The summed E-state index contributed by atoms with van der Waals surface area (Å²) in [5.41, 5.74) is -2.91. The molecule has 0 amide bonds. The lowest BCUT2D eigenvalue weighted by Crippen LogP contribution is -2.44. The van der Waals surface area contributed by atoms with Crippen LogP contribution in [0.1, 0.15) is 12.8 Å². The number of hydrogen-bond acceptors (Lipinski definition) is 9. The number of aliphatic carboxylic acids is 3. The summed E-state index contributed by atoms with van der Waals surface area (Å²) in [6, 6.07) is 0. The van der Waals surface area contributed by atoms with Gasteiger partial charge in [0.15, 0.2) is 11.7 Å². The quantitative estimate of drug-likeness (QED) is 0.195. The lowest BCUT2D eigenvalue weighted by atomic mass is 9.96. The number of aliphatic hydroxyl groups excluding tert-OH is 1. The third kappa shape index (κ3) is 9.02. The Morgan fingerprint density at radius 1 is 1.00 bits per heavy atom. The maximum atomic E-state index is 11.6. The lowest BCUT2D eigenvalue weighted by Gasteiger charge is -2.22. The molecule has 0 saturated heterocycles. The van der Waals surface area contributed by atoms with Crippen molar-refractivity contribution in [2.24, 2.45) is 0 Å². The van der Waals surface area contributed by atoms with Crippen LogP contribution in [0, 0.1) is 0 Å². The van der Waals surface area contributed by atoms with Crippen LogP contribution in [0.4, 0.5) is 0 Å². The first kappa shape index (κ1) is 22.0. The van der Waals surface area contributed by atoms with Gasteiger partial charge in [0.05, 0.1) is 19.4 Å². The molecule has 0 aliphatic rings. The Morgan fingerprint density at radius 2 is 1.60 bits per heavy atom. The molecule has 0 heterocycles. The van der Waals surface area contributed by atoms with E-state index in [1.807, 2.05) is 0 Å². The summed E-state index contributed by atoms with van der Waals surface area (Å²) in [4.78, 5) is 54.3. The Hall–Kier alpha value is -2.99. The van der Waals surface area contributed by atoms with Crippen LogP contribution < -0.4 is 0 Å². The molecule has 0 rings (SSSR count). The summed E-state index contributed by atoms with van der Waals surface area (Å²) >= 11 is 0. The highest BCUT2D eigenvalue weighted by atomic mass is 16.6. The highest BCUT2D eigenvalue weighted by Gasteiger charge is 2.41. The minimum atomic E-state index is -2.91. The van der Waals surface area contributed by atoms with E-state index in [9.17, 15) is 29.1 Å². The van der Waals surface area contributed by atoms with Crippen molar-refractivity contribution in [2.45, 2.75) is 24.5 Å². The van der Waals surface area contributed by atoms with E-state index >= 15 is 0 Å². The summed E-state index contributed by atoms with van der Waals surface area (Å²) in [5.74, 6) is -7.51. The highest BCUT2D eigenvalue weighted by Crippen LogP contribution is 2.17. The zero-order chi connectivity index (χ0) is 19.6. The minimum Gasteiger partial charge on any atom is -0.481 e. The fourth-order valence-corrected chi connectivity index (χ4v) is 1.42. The summed E-state index contributed by atoms with van der Waals surface area (Å²) in [6.45, 7) is -1.53. The molecule has 2 atom stereocenters. The fourth-order valence-electron chi connectivity index (χ4n) is 1.42. The van der Waals surface area contributed by atoms with Crippen LogP contribution in [-0.2, 0) is 33.4 Å². The Morgan fingerprint density at radius 3 is 2.04 bits per heavy atom. The van der Waals surface area contributed by atoms with Gasteiger partial charge < -0.3 is 35.0 Å². The van der Waals surface area contributed by atoms with E-state index in [0.717, 1.165) is 0 Å². The van der Waals surface area contributed by atoms with Crippen molar-refractivity contribution in [3.8, 4) is 0 Å². The van der Waals surface area contributed by atoms with Crippen molar-refractivity contribution in [1.29, 1.82) is 0 Å². The van der Waals surface area contributed by atoms with Gasteiger partial charge in [-0.2, -0.15) is 0 Å². The Balaban J connectivity index is 4.67. The van der Waals surface area contributed by atoms with Gasteiger partial charge in [-0.15, -0.1) is 0 Å². The van der Waals surface area contributed by atoms with E-state index in [2.05, 4.69) is 9.47 Å². The molecule has 140 valence electrons.